The van der Waals surface area contributed by atoms with E-state index in [0.29, 0.717) is 0 Å². The average molecular weight is 312 g/mol. The van der Waals surface area contributed by atoms with Crippen molar-refractivity contribution in [3.8, 4) is 0 Å². The lowest BCUT2D eigenvalue weighted by Crippen LogP contribution is -2.32. The number of aromatic amines is 1. The molecule has 0 radical (unpaired) electrons. The van der Waals surface area contributed by atoms with Crippen molar-refractivity contribution in [3.63, 3.8) is 0 Å². The summed E-state index contributed by atoms with van der Waals surface area (Å²) in [5, 5.41) is 40.7. The third kappa shape index (κ3) is 2.14. The van der Waals surface area contributed by atoms with Gasteiger partial charge in [0.2, 0.25) is 11.6 Å². The smallest absolute Gasteiger partial charge is 0.297 e. The number of anilines is 1. The van der Waals surface area contributed by atoms with Crippen LogP contribution in [0.15, 0.2) is 4.79 Å². The molecule has 3 rings (SSSR count). The average Bonchev–Trinajstić information content (AvgIpc) is 3.02. The maximum absolute atomic E-state index is 12.0. The van der Waals surface area contributed by atoms with Gasteiger partial charge in [-0.25, -0.2) is 0 Å². The predicted octanol–water partition coefficient (Wildman–Crippen LogP) is -2.97. The SMILES string of the molecule is CN(C)c1nn2c([C@@H]3O[C@H](CO)[C@@H](O)[C@H]3O)nnc2c(=O)[nH]1. The highest BCUT2D eigenvalue weighted by molar-refractivity contribution is 5.38. The second-order valence-corrected chi connectivity index (χ2v) is 5.22. The van der Waals surface area contributed by atoms with Gasteiger partial charge < -0.3 is 25.0 Å². The van der Waals surface area contributed by atoms with E-state index in [4.69, 9.17) is 9.84 Å². The van der Waals surface area contributed by atoms with Crippen molar-refractivity contribution in [2.75, 3.05) is 25.6 Å². The minimum absolute atomic E-state index is 0.0571. The van der Waals surface area contributed by atoms with E-state index < -0.39 is 36.6 Å². The zero-order chi connectivity index (χ0) is 16.0. The van der Waals surface area contributed by atoms with E-state index in [2.05, 4.69) is 20.3 Å². The van der Waals surface area contributed by atoms with E-state index in [1.807, 2.05) is 0 Å². The maximum atomic E-state index is 12.0. The molecule has 1 saturated heterocycles. The van der Waals surface area contributed by atoms with E-state index in [-0.39, 0.29) is 17.4 Å². The Kier molecular flexibility index (Phi) is 3.56. The molecule has 4 atom stereocenters. The van der Waals surface area contributed by atoms with Crippen molar-refractivity contribution >= 4 is 11.6 Å². The molecule has 0 saturated carbocycles. The van der Waals surface area contributed by atoms with Crippen LogP contribution in [0.4, 0.5) is 5.95 Å². The van der Waals surface area contributed by atoms with Gasteiger partial charge in [0.15, 0.2) is 5.82 Å². The van der Waals surface area contributed by atoms with E-state index >= 15 is 0 Å². The Balaban J connectivity index is 2.10. The number of hydrogen-bond acceptors (Lipinski definition) is 9. The van der Waals surface area contributed by atoms with Gasteiger partial charge in [-0.2, -0.15) is 4.52 Å². The quantitative estimate of drug-likeness (QED) is 0.466. The van der Waals surface area contributed by atoms with Crippen molar-refractivity contribution in [1.82, 2.24) is 24.8 Å². The number of fused-ring (bicyclic) bond motifs is 1. The highest BCUT2D eigenvalue weighted by atomic mass is 16.6. The maximum Gasteiger partial charge on any atom is 0.297 e. The molecular formula is C11H16N6O5. The summed E-state index contributed by atoms with van der Waals surface area (Å²) in [6.07, 6.45) is -4.57. The fourth-order valence-corrected chi connectivity index (χ4v) is 2.30. The highest BCUT2D eigenvalue weighted by Crippen LogP contribution is 2.32. The number of aromatic nitrogens is 5. The Morgan fingerprint density at radius 3 is 2.64 bits per heavy atom. The lowest BCUT2D eigenvalue weighted by molar-refractivity contribution is -0.0258. The topological polar surface area (TPSA) is 149 Å². The van der Waals surface area contributed by atoms with Gasteiger partial charge in [0, 0.05) is 14.1 Å². The van der Waals surface area contributed by atoms with Gasteiger partial charge in [-0.05, 0) is 0 Å². The number of nitrogens with zero attached hydrogens (tertiary/aromatic N) is 5. The first-order valence-corrected chi connectivity index (χ1v) is 6.59. The molecule has 120 valence electrons. The van der Waals surface area contributed by atoms with Crippen molar-refractivity contribution in [1.29, 1.82) is 0 Å². The van der Waals surface area contributed by atoms with Gasteiger partial charge in [0.05, 0.1) is 6.61 Å². The van der Waals surface area contributed by atoms with Crippen molar-refractivity contribution in [2.45, 2.75) is 24.4 Å². The first-order chi connectivity index (χ1) is 10.4. The molecular weight excluding hydrogens is 296 g/mol. The second-order valence-electron chi connectivity index (χ2n) is 5.22. The van der Waals surface area contributed by atoms with Gasteiger partial charge in [-0.15, -0.1) is 15.3 Å². The number of aliphatic hydroxyl groups is 3. The summed E-state index contributed by atoms with van der Waals surface area (Å²) >= 11 is 0. The van der Waals surface area contributed by atoms with Gasteiger partial charge in [0.1, 0.15) is 24.4 Å². The van der Waals surface area contributed by atoms with Crippen LogP contribution in [0, 0.1) is 0 Å². The third-order valence-corrected chi connectivity index (χ3v) is 3.51. The zero-order valence-corrected chi connectivity index (χ0v) is 11.9. The number of nitrogens with one attached hydrogen (secondary N) is 1. The molecule has 4 N–H and O–H groups in total. The van der Waals surface area contributed by atoms with Crippen molar-refractivity contribution in [3.05, 3.63) is 16.2 Å². The Bertz CT molecular complexity index is 742. The monoisotopic (exact) mass is 312 g/mol. The molecule has 11 heteroatoms. The summed E-state index contributed by atoms with van der Waals surface area (Å²) in [6.45, 7) is -0.456. The standard InChI is InChI=1S/C11H16N6O5/c1-16(2)11-12-10(21)9-14-13-8(17(9)15-11)7-6(20)5(19)4(3-18)22-7/h4-7,18-20H,3H2,1-2H3,(H,12,15,21)/t4-,5-,6-,7-/m1/s1. The molecule has 3 heterocycles. The van der Waals surface area contributed by atoms with E-state index in [1.165, 1.54) is 0 Å². The van der Waals surface area contributed by atoms with E-state index in [1.54, 1.807) is 19.0 Å². The first kappa shape index (κ1) is 14.8. The molecule has 0 spiro atoms. The molecule has 2 aromatic rings. The Hall–Kier alpha value is -2.08. The molecule has 22 heavy (non-hydrogen) atoms. The number of hydrogen-bond donors (Lipinski definition) is 4. The van der Waals surface area contributed by atoms with E-state index in [9.17, 15) is 15.0 Å². The van der Waals surface area contributed by atoms with Crippen LogP contribution in [-0.2, 0) is 4.74 Å². The summed E-state index contributed by atoms with van der Waals surface area (Å²) in [5.41, 5.74) is -0.553. The number of rotatable bonds is 3. The highest BCUT2D eigenvalue weighted by Gasteiger charge is 2.45. The number of ether oxygens (including phenoxy) is 1. The summed E-state index contributed by atoms with van der Waals surface area (Å²) in [6, 6.07) is 0. The molecule has 0 unspecified atom stereocenters. The summed E-state index contributed by atoms with van der Waals surface area (Å²) in [4.78, 5) is 16.1. The van der Waals surface area contributed by atoms with Crippen LogP contribution in [0.5, 0.6) is 0 Å². The molecule has 1 fully saturated rings. The third-order valence-electron chi connectivity index (χ3n) is 3.51. The second kappa shape index (κ2) is 5.28. The van der Waals surface area contributed by atoms with Gasteiger partial charge >= 0.3 is 0 Å². The summed E-state index contributed by atoms with van der Waals surface area (Å²) in [7, 11) is 3.39. The fourth-order valence-electron chi connectivity index (χ4n) is 2.30. The Morgan fingerprint density at radius 1 is 1.32 bits per heavy atom. The van der Waals surface area contributed by atoms with Crippen LogP contribution in [0.25, 0.3) is 5.65 Å². The normalized spacial score (nSPS) is 28.4. The van der Waals surface area contributed by atoms with Crippen LogP contribution in [0.3, 0.4) is 0 Å². The molecule has 1 aliphatic heterocycles. The Morgan fingerprint density at radius 2 is 2.05 bits per heavy atom. The molecule has 0 bridgehead atoms. The largest absolute Gasteiger partial charge is 0.394 e. The lowest BCUT2D eigenvalue weighted by Gasteiger charge is -2.14. The lowest BCUT2D eigenvalue weighted by atomic mass is 10.1. The van der Waals surface area contributed by atoms with E-state index in [0.717, 1.165) is 4.52 Å². The molecule has 0 aliphatic carbocycles. The van der Waals surface area contributed by atoms with Crippen molar-refractivity contribution in [2.24, 2.45) is 0 Å². The molecule has 11 nitrogen and oxygen atoms in total. The van der Waals surface area contributed by atoms with Crippen molar-refractivity contribution < 1.29 is 20.1 Å². The Labute approximate surface area is 123 Å². The van der Waals surface area contributed by atoms with Gasteiger partial charge in [-0.3, -0.25) is 9.78 Å². The molecule has 0 amide bonds. The first-order valence-electron chi connectivity index (χ1n) is 6.59. The molecule has 0 aromatic carbocycles. The number of H-pyrrole nitrogens is 1. The minimum Gasteiger partial charge on any atom is -0.394 e. The summed E-state index contributed by atoms with van der Waals surface area (Å²) in [5.74, 6) is 0.344. The predicted molar refractivity (Wildman–Crippen MR) is 72.4 cm³/mol. The fraction of sp³-hybridized carbons (Fsp3) is 0.636. The zero-order valence-electron chi connectivity index (χ0n) is 11.9. The molecule has 1 aliphatic rings. The van der Waals surface area contributed by atoms with Crippen LogP contribution in [0.2, 0.25) is 0 Å². The van der Waals surface area contributed by atoms with Crippen LogP contribution >= 0.6 is 0 Å². The van der Waals surface area contributed by atoms with Crippen LogP contribution in [-0.4, -0.2) is 79.1 Å². The number of aliphatic hydroxyl groups excluding tert-OH is 3. The van der Waals surface area contributed by atoms with Crippen LogP contribution in [0.1, 0.15) is 11.9 Å². The summed E-state index contributed by atoms with van der Waals surface area (Å²) < 4.78 is 6.55. The van der Waals surface area contributed by atoms with Gasteiger partial charge in [0.25, 0.3) is 5.56 Å². The molecule has 2 aromatic heterocycles. The van der Waals surface area contributed by atoms with Gasteiger partial charge in [-0.1, -0.05) is 0 Å². The minimum atomic E-state index is -1.31. The van der Waals surface area contributed by atoms with Crippen LogP contribution < -0.4 is 10.5 Å².